The third kappa shape index (κ3) is 31.8. The van der Waals surface area contributed by atoms with Gasteiger partial charge in [0, 0.05) is 19.3 Å². The maximum atomic E-state index is 12.6. The van der Waals surface area contributed by atoms with E-state index in [2.05, 4.69) is 26.0 Å². The number of esters is 2. The summed E-state index contributed by atoms with van der Waals surface area (Å²) >= 11 is 0. The number of allylic oxidation sites excluding steroid dienone is 2. The van der Waals surface area contributed by atoms with Gasteiger partial charge in [-0.05, 0) is 38.5 Å². The second-order valence-corrected chi connectivity index (χ2v) is 14.9. The number of carbonyl (C=O) groups excluding carboxylic acids is 3. The molecule has 0 aromatic heterocycles. The van der Waals surface area contributed by atoms with Crippen LogP contribution in [0.2, 0.25) is 0 Å². The van der Waals surface area contributed by atoms with Crippen molar-refractivity contribution in [2.75, 3.05) is 41.0 Å². The van der Waals surface area contributed by atoms with Crippen LogP contribution in [0.3, 0.4) is 0 Å². The van der Waals surface area contributed by atoms with Gasteiger partial charge in [0.1, 0.15) is 12.6 Å². The Morgan fingerprint density at radius 1 is 0.592 bits per heavy atom. The topological polar surface area (TPSA) is 102 Å². The molecule has 0 aromatic rings. The zero-order chi connectivity index (χ0) is 36.4. The quantitative estimate of drug-likeness (QED) is 0.0279. The van der Waals surface area contributed by atoms with E-state index in [1.54, 1.807) is 21.1 Å². The molecule has 0 aliphatic heterocycles. The minimum absolute atomic E-state index is 0.0433. The molecule has 0 saturated heterocycles. The number of carboxylic acid groups (broad SMARTS) is 1. The van der Waals surface area contributed by atoms with Crippen molar-refractivity contribution < 1.29 is 38.2 Å². The van der Waals surface area contributed by atoms with Crippen molar-refractivity contribution in [2.24, 2.45) is 0 Å². The molecule has 8 heteroatoms. The van der Waals surface area contributed by atoms with Crippen molar-refractivity contribution in [3.63, 3.8) is 0 Å². The van der Waals surface area contributed by atoms with Crippen LogP contribution in [0.1, 0.15) is 181 Å². The molecule has 2 atom stereocenters. The van der Waals surface area contributed by atoms with Crippen LogP contribution in [0.5, 0.6) is 0 Å². The maximum absolute atomic E-state index is 12.6. The fraction of sp³-hybridized carbons (Fsp3) is 0.878. The van der Waals surface area contributed by atoms with Crippen LogP contribution >= 0.6 is 0 Å². The molecule has 0 saturated carbocycles. The second-order valence-electron chi connectivity index (χ2n) is 14.9. The number of rotatable bonds is 36. The van der Waals surface area contributed by atoms with Gasteiger partial charge < -0.3 is 28.6 Å². The average molecular weight is 696 g/mol. The molecule has 0 radical (unpaired) electrons. The highest BCUT2D eigenvalue weighted by Crippen LogP contribution is 2.14. The van der Waals surface area contributed by atoms with Crippen LogP contribution in [-0.2, 0) is 28.6 Å². The van der Waals surface area contributed by atoms with Crippen molar-refractivity contribution in [3.8, 4) is 0 Å². The summed E-state index contributed by atoms with van der Waals surface area (Å²) in [6.45, 7) is 4.61. The molecule has 0 aromatic carbocycles. The van der Waals surface area contributed by atoms with Gasteiger partial charge in [-0.2, -0.15) is 0 Å². The van der Waals surface area contributed by atoms with Gasteiger partial charge in [-0.1, -0.05) is 135 Å². The third-order valence-electron chi connectivity index (χ3n) is 9.15. The first-order valence-corrected chi connectivity index (χ1v) is 20.2. The summed E-state index contributed by atoms with van der Waals surface area (Å²) in [5.74, 6) is -1.74. The lowest BCUT2D eigenvalue weighted by atomic mass is 10.1. The van der Waals surface area contributed by atoms with Gasteiger partial charge in [-0.15, -0.1) is 0 Å². The van der Waals surface area contributed by atoms with Crippen LogP contribution in [0.4, 0.5) is 0 Å². The fourth-order valence-corrected chi connectivity index (χ4v) is 5.95. The van der Waals surface area contributed by atoms with Crippen LogP contribution in [-0.4, -0.2) is 75.5 Å². The summed E-state index contributed by atoms with van der Waals surface area (Å²) in [4.78, 5) is 36.5. The van der Waals surface area contributed by atoms with E-state index in [1.165, 1.54) is 109 Å². The molecule has 0 bridgehead atoms. The first-order valence-electron chi connectivity index (χ1n) is 20.2. The molecule has 0 heterocycles. The molecule has 0 amide bonds. The molecule has 0 spiro atoms. The Balaban J connectivity index is 4.28. The van der Waals surface area contributed by atoms with Crippen molar-refractivity contribution in [1.29, 1.82) is 0 Å². The van der Waals surface area contributed by atoms with Crippen molar-refractivity contribution in [2.45, 2.75) is 193 Å². The fourth-order valence-electron chi connectivity index (χ4n) is 5.95. The lowest BCUT2D eigenvalue weighted by Crippen LogP contribution is -2.55. The summed E-state index contributed by atoms with van der Waals surface area (Å²) in [6, 6.07) is -0.720. The number of carbonyl (C=O) groups is 3. The van der Waals surface area contributed by atoms with E-state index >= 15 is 0 Å². The average Bonchev–Trinajstić information content (AvgIpc) is 3.05. The third-order valence-corrected chi connectivity index (χ3v) is 9.15. The Kier molecular flexibility index (Phi) is 31.9. The van der Waals surface area contributed by atoms with Crippen LogP contribution in [0.15, 0.2) is 12.2 Å². The zero-order valence-corrected chi connectivity index (χ0v) is 32.6. The smallest absolute Gasteiger partial charge is 0.306 e. The first-order chi connectivity index (χ1) is 23.6. The lowest BCUT2D eigenvalue weighted by Gasteiger charge is -2.34. The molecule has 0 aliphatic carbocycles. The van der Waals surface area contributed by atoms with E-state index in [9.17, 15) is 19.5 Å². The van der Waals surface area contributed by atoms with Gasteiger partial charge in [0.25, 0.3) is 0 Å². The van der Waals surface area contributed by atoms with E-state index in [1.807, 2.05) is 0 Å². The Morgan fingerprint density at radius 2 is 1.02 bits per heavy atom. The molecule has 0 N–H and O–H groups in total. The van der Waals surface area contributed by atoms with Gasteiger partial charge in [-0.3, -0.25) is 9.59 Å². The van der Waals surface area contributed by atoms with E-state index < -0.39 is 18.1 Å². The Morgan fingerprint density at radius 3 is 1.47 bits per heavy atom. The van der Waals surface area contributed by atoms with E-state index in [-0.39, 0.29) is 42.7 Å². The van der Waals surface area contributed by atoms with E-state index in [4.69, 9.17) is 14.2 Å². The Labute approximate surface area is 301 Å². The van der Waals surface area contributed by atoms with Crippen LogP contribution in [0.25, 0.3) is 0 Å². The molecule has 0 rings (SSSR count). The highest BCUT2D eigenvalue weighted by molar-refractivity contribution is 5.70. The molecule has 0 fully saturated rings. The number of carboxylic acids is 1. The summed E-state index contributed by atoms with van der Waals surface area (Å²) in [5, 5.41) is 11.6. The summed E-state index contributed by atoms with van der Waals surface area (Å²) in [5.41, 5.74) is 0. The van der Waals surface area contributed by atoms with Gasteiger partial charge in [0.2, 0.25) is 0 Å². The number of aliphatic carboxylic acids is 1. The zero-order valence-electron chi connectivity index (χ0n) is 32.6. The summed E-state index contributed by atoms with van der Waals surface area (Å²) < 4.78 is 17.0. The van der Waals surface area contributed by atoms with Crippen LogP contribution in [0, 0.1) is 0 Å². The molecule has 288 valence electrons. The van der Waals surface area contributed by atoms with Gasteiger partial charge in [0.05, 0.1) is 40.3 Å². The minimum atomic E-state index is -1.13. The summed E-state index contributed by atoms with van der Waals surface area (Å²) in [7, 11) is 5.40. The van der Waals surface area contributed by atoms with Gasteiger partial charge >= 0.3 is 11.9 Å². The predicted molar refractivity (Wildman–Crippen MR) is 199 cm³/mol. The number of hydrogen-bond acceptors (Lipinski definition) is 7. The Bertz CT molecular complexity index is 823. The molecular formula is C41H77NO7. The minimum Gasteiger partial charge on any atom is -0.544 e. The Hall–Kier alpha value is -1.93. The number of unbranched alkanes of at least 4 members (excludes halogenated alkanes) is 20. The predicted octanol–water partition coefficient (Wildman–Crippen LogP) is 9.02. The normalized spacial score (nSPS) is 13.1. The number of quaternary nitrogens is 1. The molecule has 0 aliphatic rings. The highest BCUT2D eigenvalue weighted by Gasteiger charge is 2.25. The lowest BCUT2D eigenvalue weighted by molar-refractivity contribution is -0.889. The standard InChI is InChI=1S/C41H77NO7/c1-6-8-10-12-14-15-16-17-18-19-20-21-22-23-24-26-28-30-32-40(44)49-37(35-47-34-33-38(41(45)46)42(3,4)5)36-48-39(43)31-29-27-25-13-11-9-7-2/h18-19,37-38H,6-17,20-36H2,1-5H3/b19-18-. The molecule has 49 heavy (non-hydrogen) atoms. The highest BCUT2D eigenvalue weighted by atomic mass is 16.6. The number of hydrogen-bond donors (Lipinski definition) is 0. The molecular weight excluding hydrogens is 618 g/mol. The van der Waals surface area contributed by atoms with Crippen molar-refractivity contribution in [3.05, 3.63) is 12.2 Å². The first kappa shape index (κ1) is 47.1. The van der Waals surface area contributed by atoms with Crippen molar-refractivity contribution >= 4 is 17.9 Å². The number of nitrogens with zero attached hydrogens (tertiary/aromatic N) is 1. The van der Waals surface area contributed by atoms with E-state index in [0.29, 0.717) is 12.8 Å². The molecule has 2 unspecified atom stereocenters. The monoisotopic (exact) mass is 696 g/mol. The maximum Gasteiger partial charge on any atom is 0.306 e. The van der Waals surface area contributed by atoms with Crippen molar-refractivity contribution in [1.82, 2.24) is 0 Å². The van der Waals surface area contributed by atoms with E-state index in [0.717, 1.165) is 38.5 Å². The van der Waals surface area contributed by atoms with Gasteiger partial charge in [0.15, 0.2) is 6.10 Å². The van der Waals surface area contributed by atoms with Gasteiger partial charge in [-0.25, -0.2) is 0 Å². The largest absolute Gasteiger partial charge is 0.544 e. The number of ether oxygens (including phenoxy) is 3. The summed E-state index contributed by atoms with van der Waals surface area (Å²) in [6.07, 6.45) is 32.5. The second kappa shape index (κ2) is 33.2. The molecule has 8 nitrogen and oxygen atoms in total. The number of likely N-dealkylation sites (N-methyl/N-ethyl adjacent to an activating group) is 1. The van der Waals surface area contributed by atoms with Crippen LogP contribution < -0.4 is 5.11 Å². The SMILES string of the molecule is CCCCCCCCC/C=C\CCCCCCCCCC(=O)OC(COCCC(C(=O)[O-])[N+](C)(C)C)COC(=O)CCCCCCCCC.